The summed E-state index contributed by atoms with van der Waals surface area (Å²) in [6, 6.07) is -0.776. The third-order valence-corrected chi connectivity index (χ3v) is 4.59. The van der Waals surface area contributed by atoms with Crippen LogP contribution in [-0.4, -0.2) is 42.3 Å². The van der Waals surface area contributed by atoms with Gasteiger partial charge in [0.05, 0.1) is 13.0 Å². The third kappa shape index (κ3) is 8.63. The number of carbonyl (C=O) groups excluding carboxylic acids is 3. The third-order valence-electron chi connectivity index (χ3n) is 4.59. The van der Waals surface area contributed by atoms with Gasteiger partial charge in [0.15, 0.2) is 0 Å². The van der Waals surface area contributed by atoms with Crippen LogP contribution >= 0.6 is 0 Å². The second-order valence-corrected chi connectivity index (χ2v) is 8.54. The molecule has 0 aromatic rings. The zero-order chi connectivity index (χ0) is 20.6. The van der Waals surface area contributed by atoms with E-state index in [-0.39, 0.29) is 29.8 Å². The molecule has 1 aliphatic carbocycles. The molecule has 0 saturated heterocycles. The summed E-state index contributed by atoms with van der Waals surface area (Å²) < 4.78 is 10.3. The second kappa shape index (κ2) is 10.5. The molecule has 0 heterocycles. The Labute approximate surface area is 162 Å². The smallest absolute Gasteiger partial charge is 0.408 e. The number of rotatable bonds is 7. The number of hydrogen-bond acceptors (Lipinski definition) is 5. The molecule has 2 N–H and O–H groups in total. The van der Waals surface area contributed by atoms with E-state index in [2.05, 4.69) is 10.6 Å². The predicted molar refractivity (Wildman–Crippen MR) is 103 cm³/mol. The number of hydrogen-bond donors (Lipinski definition) is 2. The van der Waals surface area contributed by atoms with E-state index >= 15 is 0 Å². The largest absolute Gasteiger partial charge is 0.466 e. The Morgan fingerprint density at radius 3 is 2.30 bits per heavy atom. The van der Waals surface area contributed by atoms with Gasteiger partial charge in [0.2, 0.25) is 5.91 Å². The van der Waals surface area contributed by atoms with Crippen LogP contribution in [0.2, 0.25) is 0 Å². The van der Waals surface area contributed by atoms with Crippen molar-refractivity contribution in [1.82, 2.24) is 10.6 Å². The molecular weight excluding hydrogens is 348 g/mol. The first kappa shape index (κ1) is 23.2. The van der Waals surface area contributed by atoms with E-state index in [9.17, 15) is 14.4 Å². The van der Waals surface area contributed by atoms with E-state index in [0.29, 0.717) is 13.0 Å². The number of ether oxygens (including phenoxy) is 2. The minimum Gasteiger partial charge on any atom is -0.466 e. The van der Waals surface area contributed by atoms with Crippen molar-refractivity contribution < 1.29 is 23.9 Å². The molecule has 1 aliphatic rings. The molecule has 0 aliphatic heterocycles. The number of nitrogens with one attached hydrogen (secondary N) is 2. The number of alkyl carbamates (subject to hydrolysis) is 1. The van der Waals surface area contributed by atoms with Crippen LogP contribution in [0, 0.1) is 11.8 Å². The lowest BCUT2D eigenvalue weighted by Gasteiger charge is -2.33. The van der Waals surface area contributed by atoms with Gasteiger partial charge in [-0.15, -0.1) is 0 Å². The van der Waals surface area contributed by atoms with Crippen LogP contribution < -0.4 is 10.6 Å². The summed E-state index contributed by atoms with van der Waals surface area (Å²) >= 11 is 0. The highest BCUT2D eigenvalue weighted by molar-refractivity contribution is 5.86. The van der Waals surface area contributed by atoms with Crippen LogP contribution in [0.25, 0.3) is 0 Å². The average Bonchev–Trinajstić information content (AvgIpc) is 2.52. The maximum absolute atomic E-state index is 12.8. The van der Waals surface area contributed by atoms with Crippen molar-refractivity contribution in [2.45, 2.75) is 91.3 Å². The highest BCUT2D eigenvalue weighted by atomic mass is 16.6. The number of amides is 2. The fourth-order valence-electron chi connectivity index (χ4n) is 3.32. The van der Waals surface area contributed by atoms with Gasteiger partial charge in [0, 0.05) is 6.04 Å². The lowest BCUT2D eigenvalue weighted by molar-refractivity contribution is -0.145. The molecule has 1 unspecified atom stereocenters. The summed E-state index contributed by atoms with van der Waals surface area (Å²) in [7, 11) is 0. The Bertz CT molecular complexity index is 513. The summed E-state index contributed by atoms with van der Waals surface area (Å²) in [6.07, 6.45) is 3.46. The van der Waals surface area contributed by atoms with Gasteiger partial charge in [-0.25, -0.2) is 4.79 Å². The molecule has 3 atom stereocenters. The number of carbonyl (C=O) groups is 3. The van der Waals surface area contributed by atoms with Crippen LogP contribution in [0.1, 0.15) is 73.6 Å². The second-order valence-electron chi connectivity index (χ2n) is 8.54. The zero-order valence-corrected chi connectivity index (χ0v) is 17.6. The summed E-state index contributed by atoms with van der Waals surface area (Å²) in [5.41, 5.74) is -0.629. The predicted octanol–water partition coefficient (Wildman–Crippen LogP) is 3.16. The van der Waals surface area contributed by atoms with Crippen molar-refractivity contribution in [3.8, 4) is 0 Å². The Morgan fingerprint density at radius 1 is 1.11 bits per heavy atom. The van der Waals surface area contributed by atoms with E-state index in [1.165, 1.54) is 0 Å². The van der Waals surface area contributed by atoms with Crippen LogP contribution in [0.3, 0.4) is 0 Å². The van der Waals surface area contributed by atoms with Gasteiger partial charge in [-0.05, 0) is 52.4 Å². The van der Waals surface area contributed by atoms with Crippen molar-refractivity contribution in [2.24, 2.45) is 11.8 Å². The van der Waals surface area contributed by atoms with Gasteiger partial charge >= 0.3 is 12.1 Å². The normalized spacial score (nSPS) is 21.3. The SMILES string of the molecule is CCOC(=O)C[C@H]1CCCCC1NC(=O)[C@@H](NC(=O)OC(C)(C)C)C(C)C. The molecule has 27 heavy (non-hydrogen) atoms. The van der Waals surface area contributed by atoms with Crippen molar-refractivity contribution in [3.63, 3.8) is 0 Å². The first-order valence-corrected chi connectivity index (χ1v) is 9.99. The Balaban J connectivity index is 2.72. The molecule has 156 valence electrons. The van der Waals surface area contributed by atoms with Crippen LogP contribution in [0.4, 0.5) is 4.79 Å². The summed E-state index contributed by atoms with van der Waals surface area (Å²) in [5.74, 6) is -0.492. The first-order chi connectivity index (χ1) is 12.5. The molecular formula is C20H36N2O5. The van der Waals surface area contributed by atoms with Gasteiger partial charge in [-0.3, -0.25) is 9.59 Å². The molecule has 7 nitrogen and oxygen atoms in total. The molecule has 1 rings (SSSR count). The van der Waals surface area contributed by atoms with Crippen LogP contribution in [0.15, 0.2) is 0 Å². The molecule has 0 spiro atoms. The fraction of sp³-hybridized carbons (Fsp3) is 0.850. The lowest BCUT2D eigenvalue weighted by Crippen LogP contribution is -2.54. The number of esters is 1. The molecule has 2 amide bonds. The maximum atomic E-state index is 12.8. The zero-order valence-electron chi connectivity index (χ0n) is 17.6. The molecule has 1 fully saturated rings. The molecule has 0 radical (unpaired) electrons. The highest BCUT2D eigenvalue weighted by Gasteiger charge is 2.33. The summed E-state index contributed by atoms with van der Waals surface area (Å²) in [5, 5.41) is 5.72. The molecule has 0 bridgehead atoms. The maximum Gasteiger partial charge on any atom is 0.408 e. The van der Waals surface area contributed by atoms with Gasteiger partial charge in [0.1, 0.15) is 11.6 Å². The standard InChI is InChI=1S/C20H36N2O5/c1-7-26-16(23)12-14-10-8-9-11-15(14)21-18(24)17(13(2)3)22-19(25)27-20(4,5)6/h13-15,17H,7-12H2,1-6H3,(H,21,24)(H,22,25)/t14-,15?,17+/m1/s1. The quantitative estimate of drug-likeness (QED) is 0.658. The van der Waals surface area contributed by atoms with Gasteiger partial charge in [0.25, 0.3) is 0 Å². The minimum absolute atomic E-state index is 0.0658. The van der Waals surface area contributed by atoms with E-state index < -0.39 is 17.7 Å². The fourth-order valence-corrected chi connectivity index (χ4v) is 3.32. The molecule has 7 heteroatoms. The van der Waals surface area contributed by atoms with Gasteiger partial charge in [-0.1, -0.05) is 26.7 Å². The topological polar surface area (TPSA) is 93.7 Å². The van der Waals surface area contributed by atoms with Gasteiger partial charge in [-0.2, -0.15) is 0 Å². The van der Waals surface area contributed by atoms with E-state index in [4.69, 9.17) is 9.47 Å². The summed E-state index contributed by atoms with van der Waals surface area (Å²) in [6.45, 7) is 11.2. The molecule has 0 aromatic carbocycles. The molecule has 0 aromatic heterocycles. The Hall–Kier alpha value is -1.79. The van der Waals surface area contributed by atoms with Crippen molar-refractivity contribution in [2.75, 3.05) is 6.61 Å². The van der Waals surface area contributed by atoms with Crippen molar-refractivity contribution in [1.29, 1.82) is 0 Å². The Kier molecular flexibility index (Phi) is 9.06. The average molecular weight is 385 g/mol. The minimum atomic E-state index is -0.690. The van der Waals surface area contributed by atoms with Crippen molar-refractivity contribution in [3.05, 3.63) is 0 Å². The van der Waals surface area contributed by atoms with Crippen LogP contribution in [-0.2, 0) is 19.1 Å². The Morgan fingerprint density at radius 2 is 1.74 bits per heavy atom. The summed E-state index contributed by atoms with van der Waals surface area (Å²) in [4.78, 5) is 36.7. The van der Waals surface area contributed by atoms with Crippen molar-refractivity contribution >= 4 is 18.0 Å². The van der Waals surface area contributed by atoms with E-state index in [1.54, 1.807) is 27.7 Å². The van der Waals surface area contributed by atoms with E-state index in [1.807, 2.05) is 13.8 Å². The van der Waals surface area contributed by atoms with Gasteiger partial charge < -0.3 is 20.1 Å². The molecule has 1 saturated carbocycles. The first-order valence-electron chi connectivity index (χ1n) is 9.99. The highest BCUT2D eigenvalue weighted by Crippen LogP contribution is 2.27. The van der Waals surface area contributed by atoms with E-state index in [0.717, 1.165) is 25.7 Å². The lowest BCUT2D eigenvalue weighted by atomic mass is 9.82. The monoisotopic (exact) mass is 384 g/mol. The van der Waals surface area contributed by atoms with Crippen LogP contribution in [0.5, 0.6) is 0 Å².